The Morgan fingerprint density at radius 1 is 1.44 bits per heavy atom. The lowest BCUT2D eigenvalue weighted by Gasteiger charge is -2.22. The van der Waals surface area contributed by atoms with E-state index in [0.29, 0.717) is 12.7 Å². The molecule has 0 aromatic carbocycles. The molecule has 9 heavy (non-hydrogen) atoms. The Balaban J connectivity index is 2.31. The van der Waals surface area contributed by atoms with E-state index >= 15 is 0 Å². The third-order valence-electron chi connectivity index (χ3n) is 1.50. The Morgan fingerprint density at radius 3 is 2.33 bits per heavy atom. The fraction of sp³-hybridized carbons (Fsp3) is 0.714. The van der Waals surface area contributed by atoms with Crippen molar-refractivity contribution in [3.63, 3.8) is 0 Å². The predicted octanol–water partition coefficient (Wildman–Crippen LogP) is 1.18. The number of hydrogen-bond acceptors (Lipinski definition) is 2. The van der Waals surface area contributed by atoms with Crippen LogP contribution in [0.25, 0.3) is 0 Å². The maximum absolute atomic E-state index is 5.06. The molecule has 1 aliphatic heterocycles. The average molecular weight is 128 g/mol. The molecule has 1 heterocycles. The second-order valence-corrected chi connectivity index (χ2v) is 2.40. The van der Waals surface area contributed by atoms with Gasteiger partial charge >= 0.3 is 0 Å². The molecule has 1 fully saturated rings. The van der Waals surface area contributed by atoms with E-state index in [1.54, 1.807) is 0 Å². The summed E-state index contributed by atoms with van der Waals surface area (Å²) < 4.78 is 10.1. The van der Waals surface area contributed by atoms with Crippen molar-refractivity contribution >= 4 is 0 Å². The molecule has 0 N–H and O–H groups in total. The molecule has 0 radical (unpaired) electrons. The van der Waals surface area contributed by atoms with E-state index in [4.69, 9.17) is 9.47 Å². The molecule has 0 aromatic heterocycles. The van der Waals surface area contributed by atoms with Crippen molar-refractivity contribution in [1.82, 2.24) is 0 Å². The highest BCUT2D eigenvalue weighted by atomic mass is 16.7. The van der Waals surface area contributed by atoms with Gasteiger partial charge in [0.15, 0.2) is 0 Å². The van der Waals surface area contributed by atoms with Crippen molar-refractivity contribution in [2.45, 2.75) is 6.92 Å². The molecule has 0 saturated carbocycles. The first kappa shape index (κ1) is 6.78. The minimum atomic E-state index is 0.416. The summed E-state index contributed by atoms with van der Waals surface area (Å²) in [7, 11) is 0. The highest BCUT2D eigenvalue weighted by Gasteiger charge is 2.13. The van der Waals surface area contributed by atoms with E-state index in [9.17, 15) is 0 Å². The molecule has 0 unspecified atom stereocenters. The Kier molecular flexibility index (Phi) is 2.25. The maximum Gasteiger partial charge on any atom is 0.146 e. The summed E-state index contributed by atoms with van der Waals surface area (Å²) in [6, 6.07) is 0. The van der Waals surface area contributed by atoms with Crippen molar-refractivity contribution in [2.75, 3.05) is 20.0 Å². The molecular formula is C7H12O2. The van der Waals surface area contributed by atoms with Gasteiger partial charge in [-0.15, -0.1) is 0 Å². The van der Waals surface area contributed by atoms with Gasteiger partial charge in [-0.25, -0.2) is 0 Å². The van der Waals surface area contributed by atoms with Gasteiger partial charge in [-0.3, -0.25) is 0 Å². The predicted molar refractivity (Wildman–Crippen MR) is 35.1 cm³/mol. The number of rotatable bonds is 1. The number of ether oxygens (including phenoxy) is 2. The molecule has 2 nitrogen and oxygen atoms in total. The van der Waals surface area contributed by atoms with Crippen molar-refractivity contribution in [1.29, 1.82) is 0 Å². The lowest BCUT2D eigenvalue weighted by molar-refractivity contribution is -0.117. The second kappa shape index (κ2) is 2.99. The first-order chi connectivity index (χ1) is 4.30. The van der Waals surface area contributed by atoms with E-state index < -0.39 is 0 Å². The van der Waals surface area contributed by atoms with E-state index in [1.807, 2.05) is 6.92 Å². The monoisotopic (exact) mass is 128 g/mol. The molecule has 2 heteroatoms. The Bertz CT molecular complexity index is 103. The minimum absolute atomic E-state index is 0.416. The summed E-state index contributed by atoms with van der Waals surface area (Å²) in [6.07, 6.45) is 0. The molecule has 0 aromatic rings. The van der Waals surface area contributed by atoms with Gasteiger partial charge in [0, 0.05) is 5.92 Å². The standard InChI is InChI=1S/C7H12O2/c1-6(2)7-3-8-5-9-4-7/h7H,1,3-5H2,2H3. The first-order valence-corrected chi connectivity index (χ1v) is 3.11. The fourth-order valence-corrected chi connectivity index (χ4v) is 0.772. The van der Waals surface area contributed by atoms with Crippen LogP contribution in [0.2, 0.25) is 0 Å². The van der Waals surface area contributed by atoms with Gasteiger partial charge in [-0.05, 0) is 6.92 Å². The van der Waals surface area contributed by atoms with Crippen LogP contribution in [0.3, 0.4) is 0 Å². The highest BCUT2D eigenvalue weighted by molar-refractivity contribution is 4.96. The molecule has 1 rings (SSSR count). The van der Waals surface area contributed by atoms with Crippen LogP contribution in [-0.4, -0.2) is 20.0 Å². The minimum Gasteiger partial charge on any atom is -0.355 e. The molecule has 52 valence electrons. The maximum atomic E-state index is 5.06. The molecule has 0 aliphatic carbocycles. The SMILES string of the molecule is C=C(C)C1COCOC1. The Morgan fingerprint density at radius 2 is 2.00 bits per heavy atom. The normalized spacial score (nSPS) is 21.9. The number of hydrogen-bond donors (Lipinski definition) is 0. The summed E-state index contributed by atoms with van der Waals surface area (Å²) in [4.78, 5) is 0. The molecule has 0 atom stereocenters. The van der Waals surface area contributed by atoms with Gasteiger partial charge in [-0.1, -0.05) is 12.2 Å². The van der Waals surface area contributed by atoms with Crippen molar-refractivity contribution in [3.05, 3.63) is 12.2 Å². The summed E-state index contributed by atoms with van der Waals surface area (Å²) in [5.41, 5.74) is 1.15. The average Bonchev–Trinajstić information content (AvgIpc) is 1.90. The van der Waals surface area contributed by atoms with Gasteiger partial charge < -0.3 is 9.47 Å². The van der Waals surface area contributed by atoms with Crippen LogP contribution in [0, 0.1) is 5.92 Å². The van der Waals surface area contributed by atoms with Gasteiger partial charge in [0.1, 0.15) is 6.79 Å². The fourth-order valence-electron chi connectivity index (χ4n) is 0.772. The highest BCUT2D eigenvalue weighted by Crippen LogP contribution is 2.12. The summed E-state index contributed by atoms with van der Waals surface area (Å²) in [5, 5.41) is 0. The summed E-state index contributed by atoms with van der Waals surface area (Å²) >= 11 is 0. The van der Waals surface area contributed by atoms with Crippen LogP contribution in [0.5, 0.6) is 0 Å². The molecule has 1 aliphatic rings. The Hall–Kier alpha value is -0.340. The van der Waals surface area contributed by atoms with Crippen LogP contribution in [-0.2, 0) is 9.47 Å². The van der Waals surface area contributed by atoms with Crippen LogP contribution in [0.15, 0.2) is 12.2 Å². The molecule has 0 amide bonds. The van der Waals surface area contributed by atoms with Gasteiger partial charge in [0.25, 0.3) is 0 Å². The summed E-state index contributed by atoms with van der Waals surface area (Å²) in [6.45, 7) is 7.82. The van der Waals surface area contributed by atoms with Crippen molar-refractivity contribution in [2.24, 2.45) is 5.92 Å². The third-order valence-corrected chi connectivity index (χ3v) is 1.50. The topological polar surface area (TPSA) is 18.5 Å². The quantitative estimate of drug-likeness (QED) is 0.494. The van der Waals surface area contributed by atoms with Gasteiger partial charge in [-0.2, -0.15) is 0 Å². The van der Waals surface area contributed by atoms with Crippen LogP contribution < -0.4 is 0 Å². The molecular weight excluding hydrogens is 116 g/mol. The molecule has 1 saturated heterocycles. The van der Waals surface area contributed by atoms with E-state index in [-0.39, 0.29) is 0 Å². The van der Waals surface area contributed by atoms with E-state index in [2.05, 4.69) is 6.58 Å². The second-order valence-electron chi connectivity index (χ2n) is 2.40. The first-order valence-electron chi connectivity index (χ1n) is 3.11. The Labute approximate surface area is 55.5 Å². The summed E-state index contributed by atoms with van der Waals surface area (Å²) in [5.74, 6) is 0.416. The van der Waals surface area contributed by atoms with Crippen molar-refractivity contribution in [3.8, 4) is 0 Å². The zero-order valence-corrected chi connectivity index (χ0v) is 5.72. The largest absolute Gasteiger partial charge is 0.355 e. The van der Waals surface area contributed by atoms with E-state index in [0.717, 1.165) is 18.8 Å². The lowest BCUT2D eigenvalue weighted by Crippen LogP contribution is -2.24. The van der Waals surface area contributed by atoms with Crippen LogP contribution in [0.1, 0.15) is 6.92 Å². The van der Waals surface area contributed by atoms with Crippen LogP contribution in [0.4, 0.5) is 0 Å². The lowest BCUT2D eigenvalue weighted by atomic mass is 10.0. The molecule has 0 spiro atoms. The molecule has 0 bridgehead atoms. The smallest absolute Gasteiger partial charge is 0.146 e. The zero-order valence-electron chi connectivity index (χ0n) is 5.72. The van der Waals surface area contributed by atoms with E-state index in [1.165, 1.54) is 0 Å². The van der Waals surface area contributed by atoms with Crippen LogP contribution >= 0.6 is 0 Å². The third kappa shape index (κ3) is 1.80. The van der Waals surface area contributed by atoms with Gasteiger partial charge in [0.05, 0.1) is 13.2 Å². The zero-order chi connectivity index (χ0) is 6.69. The van der Waals surface area contributed by atoms with Crippen molar-refractivity contribution < 1.29 is 9.47 Å². The van der Waals surface area contributed by atoms with Gasteiger partial charge in [0.2, 0.25) is 0 Å².